The fourth-order valence-electron chi connectivity index (χ4n) is 2.63. The number of hydrogen-bond donors (Lipinski definition) is 0. The van der Waals surface area contributed by atoms with Crippen molar-refractivity contribution in [3.63, 3.8) is 0 Å². The maximum Gasteiger partial charge on any atom is -0.00217 e. The largest absolute Gasteiger partial charge is 0.306 e. The summed E-state index contributed by atoms with van der Waals surface area (Å²) in [6.07, 6.45) is 10.0. The second-order valence-electron chi connectivity index (χ2n) is 5.73. The highest BCUT2D eigenvalue weighted by atomic mass is 15.1. The first-order chi connectivity index (χ1) is 7.18. The predicted octanol–water partition coefficient (Wildman–Crippen LogP) is 3.93. The molecule has 90 valence electrons. The maximum absolute atomic E-state index is 2.51. The summed E-state index contributed by atoms with van der Waals surface area (Å²) in [5, 5.41) is 0. The number of hydrogen-bond acceptors (Lipinski definition) is 1. The minimum atomic E-state index is 0.949. The molecule has 1 heterocycles. The van der Waals surface area contributed by atoms with Gasteiger partial charge in [0.25, 0.3) is 0 Å². The van der Waals surface area contributed by atoms with E-state index in [1.807, 2.05) is 0 Å². The predicted molar refractivity (Wildman–Crippen MR) is 68.1 cm³/mol. The Bertz CT molecular complexity index is 115. The summed E-state index contributed by atoms with van der Waals surface area (Å²) in [6, 6.07) is 0. The van der Waals surface area contributed by atoms with Crippen LogP contribution >= 0.6 is 0 Å². The smallest absolute Gasteiger partial charge is 0.00217 e. The molecule has 0 aromatic rings. The van der Waals surface area contributed by atoms with Crippen LogP contribution in [0.1, 0.15) is 58.8 Å². The first-order valence-electron chi connectivity index (χ1n) is 6.87. The Kier molecular flexibility index (Phi) is 6.31. The van der Waals surface area contributed by atoms with Gasteiger partial charge in [0.1, 0.15) is 0 Å². The summed E-state index contributed by atoms with van der Waals surface area (Å²) in [7, 11) is 2.28. The third-order valence-corrected chi connectivity index (χ3v) is 3.87. The minimum Gasteiger partial charge on any atom is -0.306 e. The molecule has 0 aliphatic carbocycles. The zero-order valence-corrected chi connectivity index (χ0v) is 11.0. The van der Waals surface area contributed by atoms with E-state index in [0.29, 0.717) is 0 Å². The van der Waals surface area contributed by atoms with E-state index in [-0.39, 0.29) is 0 Å². The third-order valence-electron chi connectivity index (χ3n) is 3.87. The molecule has 2 unspecified atom stereocenters. The zero-order valence-electron chi connectivity index (χ0n) is 11.0. The molecule has 0 spiro atoms. The summed E-state index contributed by atoms with van der Waals surface area (Å²) < 4.78 is 0. The summed E-state index contributed by atoms with van der Waals surface area (Å²) in [5.74, 6) is 1.90. The van der Waals surface area contributed by atoms with Gasteiger partial charge in [-0.25, -0.2) is 0 Å². The molecule has 0 aromatic carbocycles. The van der Waals surface area contributed by atoms with Crippen molar-refractivity contribution in [3.05, 3.63) is 0 Å². The molecule has 1 nitrogen and oxygen atoms in total. The van der Waals surface area contributed by atoms with Gasteiger partial charge in [-0.3, -0.25) is 0 Å². The van der Waals surface area contributed by atoms with Crippen LogP contribution in [0.2, 0.25) is 0 Å². The van der Waals surface area contributed by atoms with Gasteiger partial charge in [0.2, 0.25) is 0 Å². The van der Waals surface area contributed by atoms with Crippen LogP contribution in [0.4, 0.5) is 0 Å². The Hall–Kier alpha value is -0.0400. The molecule has 0 bridgehead atoms. The Labute approximate surface area is 96.2 Å². The van der Waals surface area contributed by atoms with Gasteiger partial charge in [-0.2, -0.15) is 0 Å². The highest BCUT2D eigenvalue weighted by Gasteiger charge is 2.08. The van der Waals surface area contributed by atoms with Gasteiger partial charge in [-0.15, -0.1) is 0 Å². The molecule has 1 saturated heterocycles. The molecule has 1 rings (SSSR count). The quantitative estimate of drug-likeness (QED) is 0.587. The molecule has 1 fully saturated rings. The van der Waals surface area contributed by atoms with Crippen molar-refractivity contribution in [2.75, 3.05) is 20.1 Å². The van der Waals surface area contributed by atoms with Crippen LogP contribution in [0.3, 0.4) is 0 Å². The molecule has 1 aliphatic heterocycles. The maximum atomic E-state index is 2.51. The van der Waals surface area contributed by atoms with Gasteiger partial charge >= 0.3 is 0 Å². The van der Waals surface area contributed by atoms with Gasteiger partial charge < -0.3 is 4.90 Å². The Balaban J connectivity index is 2.30. The summed E-state index contributed by atoms with van der Waals surface area (Å²) in [4.78, 5) is 2.51. The minimum absolute atomic E-state index is 0.949. The van der Waals surface area contributed by atoms with E-state index in [1.54, 1.807) is 0 Å². The standard InChI is InChI=1S/C14H29N/c1-13-7-4-8-14(2)10-6-12-15(3)11-5-9-13/h13-14H,4-12H2,1-3H3. The number of rotatable bonds is 0. The lowest BCUT2D eigenvalue weighted by atomic mass is 9.93. The van der Waals surface area contributed by atoms with Crippen molar-refractivity contribution in [1.82, 2.24) is 4.90 Å². The monoisotopic (exact) mass is 211 g/mol. The lowest BCUT2D eigenvalue weighted by Gasteiger charge is -2.21. The van der Waals surface area contributed by atoms with Crippen LogP contribution in [0.15, 0.2) is 0 Å². The van der Waals surface area contributed by atoms with E-state index in [9.17, 15) is 0 Å². The topological polar surface area (TPSA) is 3.24 Å². The third kappa shape index (κ3) is 6.19. The van der Waals surface area contributed by atoms with Gasteiger partial charge in [-0.1, -0.05) is 33.1 Å². The van der Waals surface area contributed by atoms with Crippen molar-refractivity contribution in [1.29, 1.82) is 0 Å². The van der Waals surface area contributed by atoms with Crippen LogP contribution in [0, 0.1) is 11.8 Å². The Morgan fingerprint density at radius 1 is 0.733 bits per heavy atom. The van der Waals surface area contributed by atoms with Crippen LogP contribution in [0.25, 0.3) is 0 Å². The molecule has 0 aromatic heterocycles. The summed E-state index contributed by atoms with van der Waals surface area (Å²) in [6.45, 7) is 7.46. The van der Waals surface area contributed by atoms with Crippen LogP contribution in [-0.2, 0) is 0 Å². The fourth-order valence-corrected chi connectivity index (χ4v) is 2.63. The molecule has 15 heavy (non-hydrogen) atoms. The second-order valence-corrected chi connectivity index (χ2v) is 5.73. The lowest BCUT2D eigenvalue weighted by molar-refractivity contribution is 0.283. The zero-order chi connectivity index (χ0) is 11.1. The molecular weight excluding hydrogens is 182 g/mol. The highest BCUT2D eigenvalue weighted by Crippen LogP contribution is 2.20. The van der Waals surface area contributed by atoms with Gasteiger partial charge in [0.15, 0.2) is 0 Å². The molecule has 0 radical (unpaired) electrons. The van der Waals surface area contributed by atoms with Crippen molar-refractivity contribution in [3.8, 4) is 0 Å². The fraction of sp³-hybridized carbons (Fsp3) is 1.00. The first kappa shape index (κ1) is 13.0. The van der Waals surface area contributed by atoms with Crippen LogP contribution < -0.4 is 0 Å². The van der Waals surface area contributed by atoms with E-state index < -0.39 is 0 Å². The van der Waals surface area contributed by atoms with Gasteiger partial charge in [-0.05, 0) is 57.7 Å². The molecule has 0 saturated carbocycles. The molecule has 1 aliphatic rings. The van der Waals surface area contributed by atoms with E-state index in [2.05, 4.69) is 25.8 Å². The lowest BCUT2D eigenvalue weighted by Crippen LogP contribution is -2.22. The summed E-state index contributed by atoms with van der Waals surface area (Å²) in [5.41, 5.74) is 0. The van der Waals surface area contributed by atoms with E-state index in [4.69, 9.17) is 0 Å². The first-order valence-corrected chi connectivity index (χ1v) is 6.87. The normalized spacial score (nSPS) is 33.0. The average molecular weight is 211 g/mol. The SMILES string of the molecule is CC1CCCC(C)CCCN(C)CCC1. The highest BCUT2D eigenvalue weighted by molar-refractivity contribution is 4.62. The van der Waals surface area contributed by atoms with Crippen molar-refractivity contribution in [2.24, 2.45) is 11.8 Å². The molecule has 1 heteroatoms. The van der Waals surface area contributed by atoms with Gasteiger partial charge in [0, 0.05) is 0 Å². The average Bonchev–Trinajstić information content (AvgIpc) is 2.16. The van der Waals surface area contributed by atoms with Crippen molar-refractivity contribution < 1.29 is 0 Å². The second kappa shape index (κ2) is 7.27. The van der Waals surface area contributed by atoms with Crippen LogP contribution in [-0.4, -0.2) is 25.0 Å². The van der Waals surface area contributed by atoms with Gasteiger partial charge in [0.05, 0.1) is 0 Å². The molecule has 2 atom stereocenters. The van der Waals surface area contributed by atoms with E-state index >= 15 is 0 Å². The number of nitrogens with zero attached hydrogens (tertiary/aromatic N) is 1. The summed E-state index contributed by atoms with van der Waals surface area (Å²) >= 11 is 0. The molecular formula is C14H29N. The van der Waals surface area contributed by atoms with E-state index in [1.165, 1.54) is 58.0 Å². The van der Waals surface area contributed by atoms with E-state index in [0.717, 1.165) is 11.8 Å². The molecule has 0 N–H and O–H groups in total. The van der Waals surface area contributed by atoms with Crippen LogP contribution in [0.5, 0.6) is 0 Å². The van der Waals surface area contributed by atoms with Crippen molar-refractivity contribution >= 4 is 0 Å². The Morgan fingerprint density at radius 3 is 1.60 bits per heavy atom. The van der Waals surface area contributed by atoms with Crippen molar-refractivity contribution in [2.45, 2.75) is 58.8 Å². The molecule has 0 amide bonds. The Morgan fingerprint density at radius 2 is 1.13 bits per heavy atom.